The summed E-state index contributed by atoms with van der Waals surface area (Å²) in [5.74, 6) is 0. The van der Waals surface area contributed by atoms with Crippen molar-refractivity contribution in [1.29, 1.82) is 0 Å². The summed E-state index contributed by atoms with van der Waals surface area (Å²) in [4.78, 5) is 1.52. The van der Waals surface area contributed by atoms with Crippen LogP contribution in [0.3, 0.4) is 0 Å². The molecule has 0 bridgehead atoms. The molecule has 0 atom stereocenters. The average Bonchev–Trinajstić information content (AvgIpc) is 3.12. The quantitative estimate of drug-likeness (QED) is 0.844. The van der Waals surface area contributed by atoms with Crippen molar-refractivity contribution in [2.45, 2.75) is 74.9 Å². The molecule has 118 valence electrons. The highest BCUT2D eigenvalue weighted by Gasteiger charge is 2.32. The van der Waals surface area contributed by atoms with Gasteiger partial charge in [0.1, 0.15) is 0 Å². The topological polar surface area (TPSA) is 58.2 Å². The second-order valence-electron chi connectivity index (χ2n) is 6.63. The smallest absolute Gasteiger partial charge is 0.241 e. The van der Waals surface area contributed by atoms with Gasteiger partial charge in [-0.15, -0.1) is 11.3 Å². The molecule has 0 radical (unpaired) electrons. The van der Waals surface area contributed by atoms with Crippen LogP contribution in [0.25, 0.3) is 0 Å². The van der Waals surface area contributed by atoms with Crippen molar-refractivity contribution < 1.29 is 8.42 Å². The number of hydrogen-bond acceptors (Lipinski definition) is 4. The molecule has 2 fully saturated rings. The first-order valence-electron chi connectivity index (χ1n) is 7.82. The lowest BCUT2D eigenvalue weighted by Crippen LogP contribution is -2.46. The van der Waals surface area contributed by atoms with E-state index in [2.05, 4.69) is 10.0 Å². The maximum Gasteiger partial charge on any atom is 0.241 e. The van der Waals surface area contributed by atoms with Gasteiger partial charge in [-0.2, -0.15) is 0 Å². The molecule has 2 aliphatic carbocycles. The SMILES string of the molecule is CC1(NS(=O)(=O)c2csc(CNC3CC3)c2)CCCCC1. The van der Waals surface area contributed by atoms with Gasteiger partial charge in [0, 0.05) is 28.4 Å². The molecule has 1 heterocycles. The van der Waals surface area contributed by atoms with E-state index in [0.717, 1.165) is 37.1 Å². The lowest BCUT2D eigenvalue weighted by atomic mass is 9.84. The van der Waals surface area contributed by atoms with Crippen molar-refractivity contribution in [2.24, 2.45) is 0 Å². The number of thiophene rings is 1. The van der Waals surface area contributed by atoms with E-state index in [1.54, 1.807) is 5.38 Å². The molecular weight excluding hydrogens is 304 g/mol. The van der Waals surface area contributed by atoms with Gasteiger partial charge in [-0.25, -0.2) is 13.1 Å². The molecule has 1 aromatic heterocycles. The monoisotopic (exact) mass is 328 g/mol. The fraction of sp³-hybridized carbons (Fsp3) is 0.733. The number of sulfonamides is 1. The third-order valence-electron chi connectivity index (χ3n) is 4.42. The van der Waals surface area contributed by atoms with Gasteiger partial charge in [0.25, 0.3) is 0 Å². The van der Waals surface area contributed by atoms with Crippen LogP contribution in [0.2, 0.25) is 0 Å². The van der Waals surface area contributed by atoms with Gasteiger partial charge < -0.3 is 5.32 Å². The molecule has 0 amide bonds. The van der Waals surface area contributed by atoms with Crippen molar-refractivity contribution in [3.05, 3.63) is 16.3 Å². The Bertz CT molecular complexity index is 585. The van der Waals surface area contributed by atoms with Gasteiger partial charge >= 0.3 is 0 Å². The highest BCUT2D eigenvalue weighted by atomic mass is 32.2. The Balaban J connectivity index is 1.65. The highest BCUT2D eigenvalue weighted by molar-refractivity contribution is 7.89. The molecule has 21 heavy (non-hydrogen) atoms. The normalized spacial score (nSPS) is 22.3. The van der Waals surface area contributed by atoms with Gasteiger partial charge in [0.2, 0.25) is 10.0 Å². The zero-order chi connectivity index (χ0) is 14.9. The first-order chi connectivity index (χ1) is 9.97. The van der Waals surface area contributed by atoms with E-state index < -0.39 is 10.0 Å². The fourth-order valence-electron chi connectivity index (χ4n) is 2.94. The maximum atomic E-state index is 12.5. The van der Waals surface area contributed by atoms with Crippen molar-refractivity contribution in [3.63, 3.8) is 0 Å². The van der Waals surface area contributed by atoms with E-state index in [0.29, 0.717) is 10.9 Å². The molecule has 0 aromatic carbocycles. The minimum atomic E-state index is -3.39. The van der Waals surface area contributed by atoms with Crippen LogP contribution < -0.4 is 10.0 Å². The van der Waals surface area contributed by atoms with Crippen molar-refractivity contribution in [3.8, 4) is 0 Å². The molecule has 0 saturated heterocycles. The third kappa shape index (κ3) is 4.06. The summed E-state index contributed by atoms with van der Waals surface area (Å²) >= 11 is 1.53. The molecule has 2 aliphatic rings. The Morgan fingerprint density at radius 1 is 1.29 bits per heavy atom. The second-order valence-corrected chi connectivity index (χ2v) is 9.31. The number of rotatable bonds is 6. The van der Waals surface area contributed by atoms with Crippen molar-refractivity contribution in [1.82, 2.24) is 10.0 Å². The van der Waals surface area contributed by atoms with E-state index in [1.165, 1.54) is 30.6 Å². The molecule has 2 N–H and O–H groups in total. The molecule has 0 aliphatic heterocycles. The van der Waals surface area contributed by atoms with Crippen LogP contribution >= 0.6 is 11.3 Å². The predicted molar refractivity (Wildman–Crippen MR) is 86.0 cm³/mol. The first kappa shape index (κ1) is 15.5. The largest absolute Gasteiger partial charge is 0.309 e. The Morgan fingerprint density at radius 2 is 2.00 bits per heavy atom. The van der Waals surface area contributed by atoms with Gasteiger partial charge in [0.05, 0.1) is 4.90 Å². The summed E-state index contributed by atoms with van der Waals surface area (Å²) in [5.41, 5.74) is -0.272. The summed E-state index contributed by atoms with van der Waals surface area (Å²) in [6, 6.07) is 2.46. The summed E-state index contributed by atoms with van der Waals surface area (Å²) < 4.78 is 28.0. The van der Waals surface area contributed by atoms with E-state index in [1.807, 2.05) is 13.0 Å². The molecule has 1 aromatic rings. The zero-order valence-electron chi connectivity index (χ0n) is 12.5. The Morgan fingerprint density at radius 3 is 2.67 bits per heavy atom. The molecular formula is C15H24N2O2S2. The van der Waals surface area contributed by atoms with Gasteiger partial charge in [-0.3, -0.25) is 0 Å². The van der Waals surface area contributed by atoms with Crippen LogP contribution in [0.1, 0.15) is 56.7 Å². The second kappa shape index (κ2) is 5.99. The lowest BCUT2D eigenvalue weighted by Gasteiger charge is -2.33. The Kier molecular flexibility index (Phi) is 4.41. The van der Waals surface area contributed by atoms with Crippen LogP contribution in [-0.4, -0.2) is 20.0 Å². The highest BCUT2D eigenvalue weighted by Crippen LogP contribution is 2.30. The fourth-order valence-corrected chi connectivity index (χ4v) is 5.64. The average molecular weight is 329 g/mol. The standard InChI is InChI=1S/C15H24N2O2S2/c1-15(7-3-2-4-8-15)17-21(18,19)14-9-13(20-11-14)10-16-12-5-6-12/h9,11-12,16-17H,2-8,10H2,1H3. The molecule has 0 unspecified atom stereocenters. The molecule has 2 saturated carbocycles. The van der Waals surface area contributed by atoms with Crippen LogP contribution in [0.5, 0.6) is 0 Å². The minimum Gasteiger partial charge on any atom is -0.309 e. The van der Waals surface area contributed by atoms with Crippen molar-refractivity contribution in [2.75, 3.05) is 0 Å². The Hall–Kier alpha value is -0.430. The van der Waals surface area contributed by atoms with Crippen LogP contribution in [0, 0.1) is 0 Å². The zero-order valence-corrected chi connectivity index (χ0v) is 14.2. The third-order valence-corrected chi connectivity index (χ3v) is 7.12. The van der Waals surface area contributed by atoms with Crippen LogP contribution in [0.4, 0.5) is 0 Å². The maximum absolute atomic E-state index is 12.5. The minimum absolute atomic E-state index is 0.272. The summed E-state index contributed by atoms with van der Waals surface area (Å²) in [6.07, 6.45) is 7.80. The summed E-state index contributed by atoms with van der Waals surface area (Å²) in [7, 11) is -3.39. The summed E-state index contributed by atoms with van der Waals surface area (Å²) in [5, 5.41) is 5.18. The molecule has 4 nitrogen and oxygen atoms in total. The molecule has 3 rings (SSSR count). The molecule has 6 heteroatoms. The number of nitrogens with one attached hydrogen (secondary N) is 2. The van der Waals surface area contributed by atoms with Gasteiger partial charge in [-0.1, -0.05) is 19.3 Å². The summed E-state index contributed by atoms with van der Waals surface area (Å²) in [6.45, 7) is 2.81. The number of hydrogen-bond donors (Lipinski definition) is 2. The van der Waals surface area contributed by atoms with E-state index >= 15 is 0 Å². The van der Waals surface area contributed by atoms with Crippen LogP contribution in [-0.2, 0) is 16.6 Å². The van der Waals surface area contributed by atoms with Crippen molar-refractivity contribution >= 4 is 21.4 Å². The van der Waals surface area contributed by atoms with E-state index in [4.69, 9.17) is 0 Å². The van der Waals surface area contributed by atoms with E-state index in [-0.39, 0.29) is 5.54 Å². The Labute approximate surface area is 131 Å². The van der Waals surface area contributed by atoms with Gasteiger partial charge in [-0.05, 0) is 38.7 Å². The van der Waals surface area contributed by atoms with Gasteiger partial charge in [0.15, 0.2) is 0 Å². The lowest BCUT2D eigenvalue weighted by molar-refractivity contribution is 0.294. The first-order valence-corrected chi connectivity index (χ1v) is 10.2. The predicted octanol–water partition coefficient (Wildman–Crippen LogP) is 3.00. The molecule has 0 spiro atoms. The van der Waals surface area contributed by atoms with E-state index in [9.17, 15) is 8.42 Å². The van der Waals surface area contributed by atoms with Crippen LogP contribution in [0.15, 0.2) is 16.3 Å².